The summed E-state index contributed by atoms with van der Waals surface area (Å²) in [5.74, 6) is -0.0537. The van der Waals surface area contributed by atoms with Crippen molar-refractivity contribution >= 4 is 18.3 Å². The third kappa shape index (κ3) is 2.67. The molecule has 1 saturated heterocycles. The zero-order valence-corrected chi connectivity index (χ0v) is 12.2. The van der Waals surface area contributed by atoms with Gasteiger partial charge < -0.3 is 10.6 Å². The maximum absolute atomic E-state index is 13.0. The molecular weight excluding hydrogens is 279 g/mol. The van der Waals surface area contributed by atoms with Gasteiger partial charge in [-0.3, -0.25) is 4.79 Å². The number of rotatable bonds is 2. The number of hydrogen-bond donors (Lipinski definition) is 1. The van der Waals surface area contributed by atoms with E-state index >= 15 is 0 Å². The van der Waals surface area contributed by atoms with Crippen LogP contribution in [0.1, 0.15) is 31.2 Å². The molecule has 2 N–H and O–H groups in total. The Labute approximate surface area is 124 Å². The second kappa shape index (κ2) is 5.70. The summed E-state index contributed by atoms with van der Waals surface area (Å²) < 4.78 is 13.0. The SMILES string of the molecule is Cl.NC1CCN(C(=O)C2(c3ccc(F)cc3)CC2)CC1. The van der Waals surface area contributed by atoms with Crippen LogP contribution in [0, 0.1) is 5.82 Å². The number of benzene rings is 1. The smallest absolute Gasteiger partial charge is 0.233 e. The molecule has 110 valence electrons. The van der Waals surface area contributed by atoms with Crippen molar-refractivity contribution in [2.45, 2.75) is 37.1 Å². The first-order chi connectivity index (χ1) is 9.12. The van der Waals surface area contributed by atoms with E-state index in [0.717, 1.165) is 44.3 Å². The minimum Gasteiger partial charge on any atom is -0.342 e. The van der Waals surface area contributed by atoms with Crippen molar-refractivity contribution in [2.24, 2.45) is 5.73 Å². The first kappa shape index (κ1) is 15.3. The van der Waals surface area contributed by atoms with Crippen LogP contribution in [0.25, 0.3) is 0 Å². The lowest BCUT2D eigenvalue weighted by Gasteiger charge is -2.33. The minimum absolute atomic E-state index is 0. The highest BCUT2D eigenvalue weighted by Gasteiger charge is 2.53. The molecule has 0 radical (unpaired) electrons. The van der Waals surface area contributed by atoms with E-state index in [1.54, 1.807) is 12.1 Å². The standard InChI is InChI=1S/C15H19FN2O.ClH/c16-12-3-1-11(2-4-12)15(7-8-15)14(19)18-9-5-13(17)6-10-18;/h1-4,13H,5-10,17H2;1H. The highest BCUT2D eigenvalue weighted by Crippen LogP contribution is 2.49. The van der Waals surface area contributed by atoms with E-state index in [1.807, 2.05) is 4.90 Å². The van der Waals surface area contributed by atoms with Crippen molar-refractivity contribution in [3.63, 3.8) is 0 Å². The lowest BCUT2D eigenvalue weighted by Crippen LogP contribution is -2.46. The summed E-state index contributed by atoms with van der Waals surface area (Å²) >= 11 is 0. The monoisotopic (exact) mass is 298 g/mol. The minimum atomic E-state index is -0.380. The van der Waals surface area contributed by atoms with Gasteiger partial charge in [0.2, 0.25) is 5.91 Å². The number of likely N-dealkylation sites (tertiary alicyclic amines) is 1. The Morgan fingerprint density at radius 3 is 2.25 bits per heavy atom. The summed E-state index contributed by atoms with van der Waals surface area (Å²) in [6, 6.07) is 6.60. The lowest BCUT2D eigenvalue weighted by atomic mass is 9.93. The molecule has 1 aromatic carbocycles. The fourth-order valence-corrected chi connectivity index (χ4v) is 2.93. The van der Waals surface area contributed by atoms with Gasteiger partial charge in [0.05, 0.1) is 5.41 Å². The number of piperidine rings is 1. The average molecular weight is 299 g/mol. The largest absolute Gasteiger partial charge is 0.342 e. The molecule has 20 heavy (non-hydrogen) atoms. The molecule has 0 unspecified atom stereocenters. The third-order valence-electron chi connectivity index (χ3n) is 4.38. The van der Waals surface area contributed by atoms with E-state index < -0.39 is 0 Å². The Morgan fingerprint density at radius 2 is 1.75 bits per heavy atom. The Bertz CT molecular complexity index is 479. The van der Waals surface area contributed by atoms with Crippen LogP contribution in [0.15, 0.2) is 24.3 Å². The van der Waals surface area contributed by atoms with E-state index in [2.05, 4.69) is 0 Å². The van der Waals surface area contributed by atoms with Gasteiger partial charge in [-0.1, -0.05) is 12.1 Å². The molecule has 1 aromatic rings. The number of carbonyl (C=O) groups excluding carboxylic acids is 1. The fourth-order valence-electron chi connectivity index (χ4n) is 2.93. The number of nitrogens with two attached hydrogens (primary N) is 1. The molecule has 3 rings (SSSR count). The molecule has 0 atom stereocenters. The van der Waals surface area contributed by atoms with Crippen LogP contribution in [-0.2, 0) is 10.2 Å². The van der Waals surface area contributed by atoms with Gasteiger partial charge in [0.1, 0.15) is 5.82 Å². The zero-order chi connectivity index (χ0) is 13.5. The molecule has 2 aliphatic rings. The van der Waals surface area contributed by atoms with Crippen LogP contribution < -0.4 is 5.73 Å². The highest BCUT2D eigenvalue weighted by molar-refractivity contribution is 5.91. The Hall–Kier alpha value is -1.13. The second-order valence-corrected chi connectivity index (χ2v) is 5.72. The van der Waals surface area contributed by atoms with Crippen molar-refractivity contribution in [2.75, 3.05) is 13.1 Å². The first-order valence-corrected chi connectivity index (χ1v) is 6.93. The lowest BCUT2D eigenvalue weighted by molar-refractivity contribution is -0.135. The van der Waals surface area contributed by atoms with Crippen LogP contribution in [0.5, 0.6) is 0 Å². The Balaban J connectivity index is 0.00000147. The normalized spacial score (nSPS) is 21.2. The van der Waals surface area contributed by atoms with Crippen molar-refractivity contribution in [3.05, 3.63) is 35.6 Å². The highest BCUT2D eigenvalue weighted by atomic mass is 35.5. The van der Waals surface area contributed by atoms with Gasteiger partial charge in [-0.25, -0.2) is 4.39 Å². The molecule has 1 saturated carbocycles. The summed E-state index contributed by atoms with van der Waals surface area (Å²) in [6.07, 6.45) is 3.51. The molecule has 0 aromatic heterocycles. The molecule has 1 heterocycles. The van der Waals surface area contributed by atoms with Gasteiger partial charge in [-0.15, -0.1) is 12.4 Å². The topological polar surface area (TPSA) is 46.3 Å². The van der Waals surface area contributed by atoms with Crippen LogP contribution in [-0.4, -0.2) is 29.9 Å². The molecule has 2 fully saturated rings. The average Bonchev–Trinajstić information content (AvgIpc) is 3.21. The number of carbonyl (C=O) groups is 1. The van der Waals surface area contributed by atoms with E-state index in [4.69, 9.17) is 5.73 Å². The summed E-state index contributed by atoms with van der Waals surface area (Å²) in [5.41, 5.74) is 6.44. The van der Waals surface area contributed by atoms with Gasteiger partial charge in [0.25, 0.3) is 0 Å². The van der Waals surface area contributed by atoms with E-state index in [1.165, 1.54) is 12.1 Å². The Morgan fingerprint density at radius 1 is 1.20 bits per heavy atom. The van der Waals surface area contributed by atoms with Crippen LogP contribution >= 0.6 is 12.4 Å². The molecular formula is C15H20ClFN2O. The molecule has 1 aliphatic carbocycles. The van der Waals surface area contributed by atoms with E-state index in [0.29, 0.717) is 0 Å². The molecule has 1 aliphatic heterocycles. The summed E-state index contributed by atoms with van der Waals surface area (Å²) in [6.45, 7) is 1.51. The first-order valence-electron chi connectivity index (χ1n) is 6.93. The molecule has 0 bridgehead atoms. The summed E-state index contributed by atoms with van der Waals surface area (Å²) in [4.78, 5) is 14.6. The zero-order valence-electron chi connectivity index (χ0n) is 11.3. The Kier molecular flexibility index (Phi) is 4.35. The third-order valence-corrected chi connectivity index (χ3v) is 4.38. The van der Waals surface area contributed by atoms with Crippen LogP contribution in [0.2, 0.25) is 0 Å². The van der Waals surface area contributed by atoms with Gasteiger partial charge >= 0.3 is 0 Å². The number of halogens is 2. The summed E-state index contributed by atoms with van der Waals surface area (Å²) in [5, 5.41) is 0. The van der Waals surface area contributed by atoms with Crippen LogP contribution in [0.3, 0.4) is 0 Å². The van der Waals surface area contributed by atoms with Crippen molar-refractivity contribution in [1.82, 2.24) is 4.90 Å². The van der Waals surface area contributed by atoms with Gasteiger partial charge in [-0.2, -0.15) is 0 Å². The predicted molar refractivity (Wildman–Crippen MR) is 78.3 cm³/mol. The molecule has 5 heteroatoms. The van der Waals surface area contributed by atoms with Crippen molar-refractivity contribution in [3.8, 4) is 0 Å². The number of amides is 1. The van der Waals surface area contributed by atoms with E-state index in [-0.39, 0.29) is 35.6 Å². The molecule has 1 amide bonds. The number of nitrogens with zero attached hydrogens (tertiary/aromatic N) is 1. The van der Waals surface area contributed by atoms with Crippen molar-refractivity contribution in [1.29, 1.82) is 0 Å². The molecule has 0 spiro atoms. The maximum atomic E-state index is 13.0. The van der Waals surface area contributed by atoms with Crippen LogP contribution in [0.4, 0.5) is 4.39 Å². The second-order valence-electron chi connectivity index (χ2n) is 5.72. The molecule has 3 nitrogen and oxygen atoms in total. The van der Waals surface area contributed by atoms with Gasteiger partial charge in [0.15, 0.2) is 0 Å². The predicted octanol–water partition coefficient (Wildman–Crippen LogP) is 2.23. The van der Waals surface area contributed by atoms with Gasteiger partial charge in [-0.05, 0) is 43.4 Å². The maximum Gasteiger partial charge on any atom is 0.233 e. The quantitative estimate of drug-likeness (QED) is 0.910. The summed E-state index contributed by atoms with van der Waals surface area (Å²) in [7, 11) is 0. The van der Waals surface area contributed by atoms with Crippen molar-refractivity contribution < 1.29 is 9.18 Å². The number of hydrogen-bond acceptors (Lipinski definition) is 2. The fraction of sp³-hybridized carbons (Fsp3) is 0.533. The van der Waals surface area contributed by atoms with E-state index in [9.17, 15) is 9.18 Å². The van der Waals surface area contributed by atoms with Gasteiger partial charge in [0, 0.05) is 19.1 Å².